The van der Waals surface area contributed by atoms with E-state index >= 15 is 0 Å². The lowest BCUT2D eigenvalue weighted by molar-refractivity contribution is 0.0727. The van der Waals surface area contributed by atoms with Crippen molar-refractivity contribution in [3.63, 3.8) is 0 Å². The maximum Gasteiger partial charge on any atom is 0.270 e. The number of hydrogen-bond acceptors (Lipinski definition) is 3. The molecule has 0 bridgehead atoms. The van der Waals surface area contributed by atoms with Gasteiger partial charge in [-0.2, -0.15) is 0 Å². The number of fused-ring (bicyclic) bond motifs is 1. The van der Waals surface area contributed by atoms with Crippen molar-refractivity contribution in [2.75, 3.05) is 19.7 Å². The Morgan fingerprint density at radius 1 is 1.36 bits per heavy atom. The summed E-state index contributed by atoms with van der Waals surface area (Å²) in [6, 6.07) is 5.74. The monoisotopic (exact) mass is 298 g/mol. The Morgan fingerprint density at radius 2 is 2.23 bits per heavy atom. The summed E-state index contributed by atoms with van der Waals surface area (Å²) >= 11 is 0. The molecule has 6 heteroatoms. The molecule has 3 heterocycles. The van der Waals surface area contributed by atoms with Crippen LogP contribution < -0.4 is 0 Å². The van der Waals surface area contributed by atoms with Crippen LogP contribution in [0.4, 0.5) is 0 Å². The lowest BCUT2D eigenvalue weighted by Gasteiger charge is -2.18. The molecule has 6 nitrogen and oxygen atoms in total. The number of pyridine rings is 1. The summed E-state index contributed by atoms with van der Waals surface area (Å²) in [6.07, 6.45) is 5.41. The second-order valence-corrected chi connectivity index (χ2v) is 5.01. The Hall–Kier alpha value is -2.60. The largest absolute Gasteiger partial charge is 0.395 e. The lowest BCUT2D eigenvalue weighted by Crippen LogP contribution is -2.33. The maximum atomic E-state index is 12.4. The number of hydrogen-bond donors (Lipinski definition) is 3. The molecular formula is C16H18N4O2. The van der Waals surface area contributed by atoms with Crippen molar-refractivity contribution < 1.29 is 9.90 Å². The number of rotatable bonds is 5. The zero-order valence-corrected chi connectivity index (χ0v) is 12.3. The van der Waals surface area contributed by atoms with Gasteiger partial charge in [0.05, 0.1) is 6.61 Å². The van der Waals surface area contributed by atoms with Gasteiger partial charge in [0.15, 0.2) is 0 Å². The van der Waals surface area contributed by atoms with Crippen LogP contribution in [0.2, 0.25) is 0 Å². The van der Waals surface area contributed by atoms with Crippen LogP contribution in [-0.2, 0) is 0 Å². The van der Waals surface area contributed by atoms with Gasteiger partial charge in [-0.3, -0.25) is 4.79 Å². The molecule has 0 aromatic carbocycles. The third kappa shape index (κ3) is 2.48. The maximum absolute atomic E-state index is 12.4. The number of carbonyl (C=O) groups is 1. The van der Waals surface area contributed by atoms with Gasteiger partial charge in [-0.25, -0.2) is 4.98 Å². The number of aromatic amines is 2. The van der Waals surface area contributed by atoms with Crippen molar-refractivity contribution in [1.29, 1.82) is 0 Å². The average molecular weight is 298 g/mol. The van der Waals surface area contributed by atoms with E-state index in [2.05, 4.69) is 15.0 Å². The first-order chi connectivity index (χ1) is 10.7. The minimum absolute atomic E-state index is 0.0402. The van der Waals surface area contributed by atoms with Gasteiger partial charge in [0.2, 0.25) is 0 Å². The Balaban J connectivity index is 1.94. The second kappa shape index (κ2) is 6.03. The van der Waals surface area contributed by atoms with Gasteiger partial charge < -0.3 is 20.0 Å². The van der Waals surface area contributed by atoms with Crippen molar-refractivity contribution in [1.82, 2.24) is 19.9 Å². The Morgan fingerprint density at radius 3 is 3.00 bits per heavy atom. The quantitative estimate of drug-likeness (QED) is 0.673. The zero-order chi connectivity index (χ0) is 15.5. The molecule has 22 heavy (non-hydrogen) atoms. The van der Waals surface area contributed by atoms with Gasteiger partial charge in [0.1, 0.15) is 11.3 Å². The van der Waals surface area contributed by atoms with Crippen LogP contribution in [0.3, 0.4) is 0 Å². The summed E-state index contributed by atoms with van der Waals surface area (Å²) in [4.78, 5) is 24.4. The number of aliphatic hydroxyl groups is 1. The van der Waals surface area contributed by atoms with E-state index in [1.165, 1.54) is 0 Å². The van der Waals surface area contributed by atoms with Crippen molar-refractivity contribution in [3.05, 3.63) is 42.5 Å². The molecule has 0 radical (unpaired) electrons. The third-order valence-corrected chi connectivity index (χ3v) is 3.72. The fourth-order valence-electron chi connectivity index (χ4n) is 2.58. The van der Waals surface area contributed by atoms with Gasteiger partial charge in [0, 0.05) is 42.6 Å². The average Bonchev–Trinajstić information content (AvgIpc) is 3.20. The van der Waals surface area contributed by atoms with Crippen molar-refractivity contribution in [2.45, 2.75) is 6.92 Å². The van der Waals surface area contributed by atoms with Crippen LogP contribution in [0.25, 0.3) is 22.2 Å². The topological polar surface area (TPSA) is 85.0 Å². The van der Waals surface area contributed by atoms with Crippen LogP contribution in [-0.4, -0.2) is 50.6 Å². The normalized spacial score (nSPS) is 11.0. The molecule has 0 saturated heterocycles. The molecule has 0 saturated carbocycles. The molecule has 0 unspecified atom stereocenters. The van der Waals surface area contributed by atoms with Crippen molar-refractivity contribution in [3.8, 4) is 11.1 Å². The van der Waals surface area contributed by atoms with E-state index in [1.807, 2.05) is 37.5 Å². The first-order valence-corrected chi connectivity index (χ1v) is 7.25. The number of aliphatic hydroxyl groups excluding tert-OH is 1. The van der Waals surface area contributed by atoms with Crippen molar-refractivity contribution >= 4 is 16.9 Å². The number of amides is 1. The molecule has 0 fully saturated rings. The molecule has 114 valence electrons. The second-order valence-electron chi connectivity index (χ2n) is 5.01. The number of carbonyl (C=O) groups excluding carboxylic acids is 1. The fraction of sp³-hybridized carbons (Fsp3) is 0.250. The predicted octanol–water partition coefficient (Wildman–Crippen LogP) is 2.01. The highest BCUT2D eigenvalue weighted by Gasteiger charge is 2.16. The van der Waals surface area contributed by atoms with E-state index in [-0.39, 0.29) is 12.5 Å². The van der Waals surface area contributed by atoms with Gasteiger partial charge in [-0.1, -0.05) is 0 Å². The smallest absolute Gasteiger partial charge is 0.270 e. The third-order valence-electron chi connectivity index (χ3n) is 3.72. The highest BCUT2D eigenvalue weighted by atomic mass is 16.3. The number of nitrogens with zero attached hydrogens (tertiary/aromatic N) is 2. The summed E-state index contributed by atoms with van der Waals surface area (Å²) in [7, 11) is 0. The minimum atomic E-state index is -0.109. The van der Waals surface area contributed by atoms with E-state index in [0.717, 1.165) is 22.2 Å². The van der Waals surface area contributed by atoms with E-state index in [4.69, 9.17) is 5.11 Å². The Bertz CT molecular complexity index is 790. The van der Waals surface area contributed by atoms with Crippen LogP contribution in [0.15, 0.2) is 36.8 Å². The number of nitrogens with one attached hydrogen (secondary N) is 2. The summed E-state index contributed by atoms with van der Waals surface area (Å²) in [5.41, 5.74) is 3.30. The van der Waals surface area contributed by atoms with Crippen LogP contribution in [0.5, 0.6) is 0 Å². The Kier molecular flexibility index (Phi) is 3.93. The molecule has 3 aromatic heterocycles. The molecule has 0 aliphatic heterocycles. The molecule has 3 rings (SSSR count). The SMILES string of the molecule is CCN(CCO)C(=O)c1cc(-c2ccnc3[nH]ccc23)c[nH]1. The van der Waals surface area contributed by atoms with E-state index in [1.54, 1.807) is 11.1 Å². The standard InChI is InChI=1S/C16H18N4O2/c1-2-20(7-8-21)16(22)14-9-11(10-19-14)12-3-5-17-15-13(12)4-6-18-15/h3-6,9-10,19,21H,2,7-8H2,1H3,(H,17,18). The fourth-order valence-corrected chi connectivity index (χ4v) is 2.58. The summed E-state index contributed by atoms with van der Waals surface area (Å²) < 4.78 is 0. The molecule has 0 atom stereocenters. The molecule has 0 spiro atoms. The van der Waals surface area contributed by atoms with Crippen LogP contribution in [0.1, 0.15) is 17.4 Å². The first-order valence-electron chi connectivity index (χ1n) is 7.25. The van der Waals surface area contributed by atoms with Crippen LogP contribution >= 0.6 is 0 Å². The zero-order valence-electron chi connectivity index (χ0n) is 12.3. The molecule has 3 N–H and O–H groups in total. The molecule has 1 amide bonds. The van der Waals surface area contributed by atoms with Gasteiger partial charge >= 0.3 is 0 Å². The molecule has 0 aliphatic rings. The van der Waals surface area contributed by atoms with Gasteiger partial charge in [0.25, 0.3) is 5.91 Å². The molecule has 3 aromatic rings. The first kappa shape index (κ1) is 14.3. The minimum Gasteiger partial charge on any atom is -0.395 e. The lowest BCUT2D eigenvalue weighted by atomic mass is 10.1. The van der Waals surface area contributed by atoms with Gasteiger partial charge in [-0.15, -0.1) is 0 Å². The van der Waals surface area contributed by atoms with Crippen molar-refractivity contribution in [2.24, 2.45) is 0 Å². The molecular weight excluding hydrogens is 280 g/mol. The predicted molar refractivity (Wildman–Crippen MR) is 84.5 cm³/mol. The Labute approximate surface area is 127 Å². The summed E-state index contributed by atoms with van der Waals surface area (Å²) in [6.45, 7) is 2.75. The number of H-pyrrole nitrogens is 2. The summed E-state index contributed by atoms with van der Waals surface area (Å²) in [5, 5.41) is 10.0. The van der Waals surface area contributed by atoms with E-state index in [9.17, 15) is 4.79 Å². The van der Waals surface area contributed by atoms with E-state index < -0.39 is 0 Å². The van der Waals surface area contributed by atoms with Crippen LogP contribution in [0, 0.1) is 0 Å². The highest BCUT2D eigenvalue weighted by molar-refractivity contribution is 5.97. The van der Waals surface area contributed by atoms with Gasteiger partial charge in [-0.05, 0) is 30.7 Å². The number of aromatic nitrogens is 3. The summed E-state index contributed by atoms with van der Waals surface area (Å²) in [5.74, 6) is -0.109. The number of likely N-dealkylation sites (N-methyl/N-ethyl adjacent to an activating group) is 1. The molecule has 0 aliphatic carbocycles. The highest BCUT2D eigenvalue weighted by Crippen LogP contribution is 2.27. The van der Waals surface area contributed by atoms with E-state index in [0.29, 0.717) is 18.8 Å².